The molecule has 2 nitrogen and oxygen atoms in total. The van der Waals surface area contributed by atoms with E-state index in [0.29, 0.717) is 5.92 Å². The lowest BCUT2D eigenvalue weighted by molar-refractivity contribution is 0.112. The highest BCUT2D eigenvalue weighted by atomic mass is 32.1. The van der Waals surface area contributed by atoms with Crippen LogP contribution in [0, 0.1) is 11.8 Å². The Kier molecular flexibility index (Phi) is 4.94. The third-order valence-corrected chi connectivity index (χ3v) is 5.13. The van der Waals surface area contributed by atoms with Crippen LogP contribution < -0.4 is 5.32 Å². The monoisotopic (exact) mass is 303 g/mol. The van der Waals surface area contributed by atoms with E-state index in [0.717, 1.165) is 32.2 Å². The van der Waals surface area contributed by atoms with Crippen LogP contribution in [0.15, 0.2) is 24.3 Å². The second kappa shape index (κ2) is 6.91. The minimum Gasteiger partial charge on any atom is -0.376 e. The molecule has 1 aliphatic rings. The Morgan fingerprint density at radius 1 is 1.29 bits per heavy atom. The summed E-state index contributed by atoms with van der Waals surface area (Å²) in [5.41, 5.74) is 1.40. The van der Waals surface area contributed by atoms with Gasteiger partial charge in [0.25, 0.3) is 0 Å². The van der Waals surface area contributed by atoms with E-state index in [2.05, 4.69) is 43.4 Å². The number of hydrogen-bond donors (Lipinski definition) is 1. The molecule has 114 valence electrons. The molecule has 2 aromatic rings. The van der Waals surface area contributed by atoms with E-state index in [1.807, 2.05) is 11.3 Å². The van der Waals surface area contributed by atoms with Crippen molar-refractivity contribution in [3.05, 3.63) is 34.7 Å². The molecule has 0 radical (unpaired) electrons. The summed E-state index contributed by atoms with van der Waals surface area (Å²) in [4.78, 5) is 1.44. The van der Waals surface area contributed by atoms with Gasteiger partial charge in [0, 0.05) is 28.3 Å². The van der Waals surface area contributed by atoms with Crippen LogP contribution in [0.4, 0.5) is 0 Å². The van der Waals surface area contributed by atoms with Gasteiger partial charge in [0.1, 0.15) is 0 Å². The van der Waals surface area contributed by atoms with Gasteiger partial charge in [-0.25, -0.2) is 0 Å². The summed E-state index contributed by atoms with van der Waals surface area (Å²) in [7, 11) is 0. The van der Waals surface area contributed by atoms with Crippen molar-refractivity contribution >= 4 is 21.4 Å². The molecule has 0 aliphatic heterocycles. The minimum absolute atomic E-state index is 0.689. The van der Waals surface area contributed by atoms with Crippen LogP contribution in [0.25, 0.3) is 10.1 Å². The van der Waals surface area contributed by atoms with Crippen LogP contribution in [0.3, 0.4) is 0 Å². The molecule has 1 heterocycles. The summed E-state index contributed by atoms with van der Waals surface area (Å²) in [5.74, 6) is 1.52. The molecule has 3 rings (SSSR count). The predicted molar refractivity (Wildman–Crippen MR) is 90.7 cm³/mol. The number of thiophene rings is 1. The fourth-order valence-corrected chi connectivity index (χ4v) is 3.72. The average molecular weight is 303 g/mol. The van der Waals surface area contributed by atoms with Crippen molar-refractivity contribution in [2.24, 2.45) is 11.8 Å². The maximum atomic E-state index is 5.96. The zero-order chi connectivity index (χ0) is 14.7. The highest BCUT2D eigenvalue weighted by molar-refractivity contribution is 7.19. The second-order valence-corrected chi connectivity index (χ2v) is 7.62. The Bertz CT molecular complexity index is 586. The largest absolute Gasteiger partial charge is 0.376 e. The first-order chi connectivity index (χ1) is 10.2. The van der Waals surface area contributed by atoms with Crippen molar-refractivity contribution in [1.82, 2.24) is 5.32 Å². The molecule has 0 unspecified atom stereocenters. The van der Waals surface area contributed by atoms with E-state index in [9.17, 15) is 0 Å². The highest BCUT2D eigenvalue weighted by Crippen LogP contribution is 2.33. The maximum absolute atomic E-state index is 5.96. The molecular weight excluding hydrogens is 278 g/mol. The van der Waals surface area contributed by atoms with Crippen molar-refractivity contribution in [2.75, 3.05) is 13.2 Å². The third kappa shape index (κ3) is 4.06. The summed E-state index contributed by atoms with van der Waals surface area (Å²) in [6.07, 6.45) is 2.71. The molecular formula is C18H25NOS. The lowest BCUT2D eigenvalue weighted by Gasteiger charge is -2.09. The van der Waals surface area contributed by atoms with Gasteiger partial charge in [0.15, 0.2) is 0 Å². The summed E-state index contributed by atoms with van der Waals surface area (Å²) in [5, 5.41) is 4.94. The van der Waals surface area contributed by atoms with Crippen molar-refractivity contribution < 1.29 is 4.74 Å². The van der Waals surface area contributed by atoms with Crippen LogP contribution in [0.1, 0.15) is 37.1 Å². The van der Waals surface area contributed by atoms with Crippen molar-refractivity contribution in [3.8, 4) is 0 Å². The smallest absolute Gasteiger partial charge is 0.0734 e. The van der Waals surface area contributed by atoms with Gasteiger partial charge in [-0.2, -0.15) is 0 Å². The highest BCUT2D eigenvalue weighted by Gasteiger charge is 2.21. The lowest BCUT2D eigenvalue weighted by Crippen LogP contribution is -2.19. The predicted octanol–water partition coefficient (Wildman–Crippen LogP) is 4.57. The Morgan fingerprint density at radius 2 is 2.10 bits per heavy atom. The molecule has 0 atom stereocenters. The number of rotatable bonds is 8. The Hall–Kier alpha value is -0.900. The van der Waals surface area contributed by atoms with Gasteiger partial charge in [-0.15, -0.1) is 11.3 Å². The van der Waals surface area contributed by atoms with E-state index in [4.69, 9.17) is 4.74 Å². The zero-order valence-electron chi connectivity index (χ0n) is 13.0. The number of benzene rings is 1. The number of fused-ring (bicyclic) bond motifs is 1. The van der Waals surface area contributed by atoms with Crippen molar-refractivity contribution in [2.45, 2.75) is 39.8 Å². The second-order valence-electron chi connectivity index (χ2n) is 6.48. The summed E-state index contributed by atoms with van der Waals surface area (Å²) in [6, 6.07) is 8.70. The van der Waals surface area contributed by atoms with Crippen molar-refractivity contribution in [1.29, 1.82) is 0 Å². The van der Waals surface area contributed by atoms with E-state index in [1.165, 1.54) is 33.4 Å². The van der Waals surface area contributed by atoms with Crippen molar-refractivity contribution in [3.63, 3.8) is 0 Å². The normalized spacial score (nSPS) is 15.2. The van der Waals surface area contributed by atoms with Crippen LogP contribution in [-0.4, -0.2) is 13.2 Å². The summed E-state index contributed by atoms with van der Waals surface area (Å²) < 4.78 is 7.34. The van der Waals surface area contributed by atoms with Crippen LogP contribution in [0.5, 0.6) is 0 Å². The number of hydrogen-bond acceptors (Lipinski definition) is 3. The van der Waals surface area contributed by atoms with E-state index in [1.54, 1.807) is 0 Å². The first-order valence-electron chi connectivity index (χ1n) is 8.01. The Morgan fingerprint density at radius 3 is 2.86 bits per heavy atom. The molecule has 0 bridgehead atoms. The average Bonchev–Trinajstić information content (AvgIpc) is 3.21. The molecule has 0 saturated heterocycles. The van der Waals surface area contributed by atoms with Gasteiger partial charge >= 0.3 is 0 Å². The molecule has 1 aliphatic carbocycles. The third-order valence-electron chi connectivity index (χ3n) is 3.92. The number of ether oxygens (including phenoxy) is 1. The minimum atomic E-state index is 0.689. The summed E-state index contributed by atoms with van der Waals surface area (Å²) >= 11 is 1.91. The number of nitrogens with one attached hydrogen (secondary N) is 1. The Balaban J connectivity index is 1.72. The molecule has 1 fully saturated rings. The fourth-order valence-electron chi connectivity index (χ4n) is 2.54. The van der Waals surface area contributed by atoms with E-state index in [-0.39, 0.29) is 0 Å². The van der Waals surface area contributed by atoms with Gasteiger partial charge in [0.05, 0.1) is 6.61 Å². The molecule has 0 amide bonds. The van der Waals surface area contributed by atoms with E-state index < -0.39 is 0 Å². The van der Waals surface area contributed by atoms with Gasteiger partial charge in [-0.1, -0.05) is 32.0 Å². The van der Waals surface area contributed by atoms with Crippen LogP contribution in [-0.2, 0) is 17.9 Å². The standard InChI is InChI=1S/C18H25NOS/c1-13(2)9-19-10-18-16(12-20-11-14-7-8-14)15-5-3-4-6-17(15)21-18/h3-6,13-14,19H,7-12H2,1-2H3. The molecule has 3 heteroatoms. The first-order valence-corrected chi connectivity index (χ1v) is 8.83. The molecule has 1 saturated carbocycles. The first kappa shape index (κ1) is 15.0. The fraction of sp³-hybridized carbons (Fsp3) is 0.556. The van der Waals surface area contributed by atoms with Gasteiger partial charge in [-0.3, -0.25) is 0 Å². The van der Waals surface area contributed by atoms with Gasteiger partial charge in [0.2, 0.25) is 0 Å². The van der Waals surface area contributed by atoms with Crippen LogP contribution >= 0.6 is 11.3 Å². The van der Waals surface area contributed by atoms with E-state index >= 15 is 0 Å². The zero-order valence-corrected chi connectivity index (χ0v) is 13.8. The topological polar surface area (TPSA) is 21.3 Å². The molecule has 1 aromatic carbocycles. The molecule has 1 aromatic heterocycles. The maximum Gasteiger partial charge on any atom is 0.0734 e. The lowest BCUT2D eigenvalue weighted by atomic mass is 10.1. The van der Waals surface area contributed by atoms with Gasteiger partial charge < -0.3 is 10.1 Å². The van der Waals surface area contributed by atoms with Crippen LogP contribution in [0.2, 0.25) is 0 Å². The van der Waals surface area contributed by atoms with Gasteiger partial charge in [-0.05, 0) is 42.7 Å². The molecule has 1 N–H and O–H groups in total. The molecule has 0 spiro atoms. The summed E-state index contributed by atoms with van der Waals surface area (Å²) in [6.45, 7) is 8.22. The molecule has 21 heavy (non-hydrogen) atoms. The Labute approximate surface area is 131 Å². The quantitative estimate of drug-likeness (QED) is 0.771. The SMILES string of the molecule is CC(C)CNCc1sc2ccccc2c1COCC1CC1.